The second-order valence-corrected chi connectivity index (χ2v) is 8.28. The van der Waals surface area contributed by atoms with Gasteiger partial charge in [-0.15, -0.1) is 0 Å². The van der Waals surface area contributed by atoms with E-state index in [9.17, 15) is 24.0 Å². The lowest BCUT2D eigenvalue weighted by atomic mass is 10.1. The highest BCUT2D eigenvalue weighted by atomic mass is 16.4. The van der Waals surface area contributed by atoms with Crippen molar-refractivity contribution in [1.29, 1.82) is 0 Å². The van der Waals surface area contributed by atoms with Crippen LogP contribution in [0.2, 0.25) is 0 Å². The second kappa shape index (κ2) is 11.7. The highest BCUT2D eigenvalue weighted by Gasteiger charge is 2.04. The third-order valence-electron chi connectivity index (χ3n) is 5.43. The van der Waals surface area contributed by atoms with Crippen LogP contribution < -0.4 is 16.9 Å². The molecule has 0 atom stereocenters. The lowest BCUT2D eigenvalue weighted by Gasteiger charge is -1.96. The Hall–Kier alpha value is -5.57. The molecule has 9 nitrogen and oxygen atoms in total. The predicted octanol–water partition coefficient (Wildman–Crippen LogP) is 5.20. The van der Waals surface area contributed by atoms with Gasteiger partial charge in [-0.25, -0.2) is 19.2 Å². The van der Waals surface area contributed by atoms with Crippen molar-refractivity contribution in [3.63, 3.8) is 0 Å². The van der Waals surface area contributed by atoms with Crippen LogP contribution in [0.25, 0.3) is 32.9 Å². The van der Waals surface area contributed by atoms with E-state index in [-0.39, 0.29) is 16.8 Å². The van der Waals surface area contributed by atoms with Crippen molar-refractivity contribution < 1.29 is 27.9 Å². The molecule has 6 aromatic rings. The van der Waals surface area contributed by atoms with Gasteiger partial charge in [0.15, 0.2) is 0 Å². The topological polar surface area (TPSA) is 145 Å². The van der Waals surface area contributed by atoms with E-state index >= 15 is 0 Å². The first-order chi connectivity index (χ1) is 18.7. The summed E-state index contributed by atoms with van der Waals surface area (Å²) in [5, 5.41) is 11.2. The quantitative estimate of drug-likeness (QED) is 0.239. The van der Waals surface area contributed by atoms with Crippen LogP contribution in [0, 0.1) is 6.92 Å². The number of carbonyl (C=O) groups is 2. The fourth-order valence-corrected chi connectivity index (χ4v) is 3.51. The minimum Gasteiger partial charge on any atom is -0.478 e. The molecule has 0 amide bonds. The van der Waals surface area contributed by atoms with E-state index in [0.29, 0.717) is 28.4 Å². The molecule has 0 bridgehead atoms. The molecule has 0 unspecified atom stereocenters. The number of carboxylic acids is 1. The summed E-state index contributed by atoms with van der Waals surface area (Å²) in [4.78, 5) is 53.5. The van der Waals surface area contributed by atoms with Gasteiger partial charge < -0.3 is 18.4 Å². The van der Waals surface area contributed by atoms with Gasteiger partial charge in [-0.1, -0.05) is 30.3 Å². The number of carbonyl (C=O) groups excluding carboxylic acids is 1. The fraction of sp³-hybridized carbons (Fsp3) is 0.0333. The maximum Gasteiger partial charge on any atom is 0.336 e. The standard InChI is InChI=1S/C10H6O4.C10H6O3.C10H8O2/c11-9-4-3-6-1-2-7(10(12)13)5-8(6)14-9;11-6-7-1-2-8-3-4-10(12)13-9(8)5-7;1-7-2-3-8-4-5-10(11)12-9(8)6-7/h1-5H,(H,12,13);1-6H;2-6H,1H3. The van der Waals surface area contributed by atoms with E-state index in [1.54, 1.807) is 42.5 Å². The van der Waals surface area contributed by atoms with Gasteiger partial charge in [-0.3, -0.25) is 4.79 Å². The van der Waals surface area contributed by atoms with Gasteiger partial charge in [0, 0.05) is 39.9 Å². The summed E-state index contributed by atoms with van der Waals surface area (Å²) in [5.41, 5.74) is 1.89. The van der Waals surface area contributed by atoms with Crippen molar-refractivity contribution in [3.05, 3.63) is 139 Å². The average Bonchev–Trinajstić information content (AvgIpc) is 2.92. The molecule has 0 aliphatic carbocycles. The van der Waals surface area contributed by atoms with Crippen molar-refractivity contribution in [2.45, 2.75) is 6.92 Å². The zero-order valence-electron chi connectivity index (χ0n) is 20.5. The number of hydrogen-bond donors (Lipinski definition) is 1. The molecule has 0 spiro atoms. The first-order valence-corrected chi connectivity index (χ1v) is 11.5. The van der Waals surface area contributed by atoms with Crippen LogP contribution in [0.4, 0.5) is 0 Å². The maximum absolute atomic E-state index is 10.9. The minimum atomic E-state index is -1.04. The predicted molar refractivity (Wildman–Crippen MR) is 145 cm³/mol. The van der Waals surface area contributed by atoms with Crippen molar-refractivity contribution in [1.82, 2.24) is 0 Å². The summed E-state index contributed by atoms with van der Waals surface area (Å²) >= 11 is 0. The monoisotopic (exact) mass is 524 g/mol. The Labute approximate surface area is 219 Å². The molecule has 3 aromatic heterocycles. The lowest BCUT2D eigenvalue weighted by Crippen LogP contribution is -1.98. The molecule has 0 saturated heterocycles. The Morgan fingerprint density at radius 2 is 1.05 bits per heavy atom. The molecule has 0 aliphatic heterocycles. The Morgan fingerprint density at radius 3 is 1.56 bits per heavy atom. The molecule has 9 heteroatoms. The Bertz CT molecular complexity index is 1990. The van der Waals surface area contributed by atoms with Crippen molar-refractivity contribution in [2.75, 3.05) is 0 Å². The van der Waals surface area contributed by atoms with E-state index in [1.165, 1.54) is 30.3 Å². The Morgan fingerprint density at radius 1 is 0.615 bits per heavy atom. The van der Waals surface area contributed by atoms with E-state index in [2.05, 4.69) is 0 Å². The Kier molecular flexibility index (Phi) is 7.92. The van der Waals surface area contributed by atoms with Gasteiger partial charge in [0.25, 0.3) is 0 Å². The third kappa shape index (κ3) is 6.80. The van der Waals surface area contributed by atoms with Crippen molar-refractivity contribution >= 4 is 45.2 Å². The van der Waals surface area contributed by atoms with Crippen LogP contribution in [0.3, 0.4) is 0 Å². The number of hydrogen-bond acceptors (Lipinski definition) is 8. The summed E-state index contributed by atoms with van der Waals surface area (Å²) in [7, 11) is 0. The van der Waals surface area contributed by atoms with Crippen LogP contribution in [-0.4, -0.2) is 17.4 Å². The van der Waals surface area contributed by atoms with E-state index in [0.717, 1.165) is 16.3 Å². The normalized spacial score (nSPS) is 10.3. The average molecular weight is 524 g/mol. The molecule has 39 heavy (non-hydrogen) atoms. The molecule has 194 valence electrons. The van der Waals surface area contributed by atoms with Crippen LogP contribution in [0.1, 0.15) is 26.3 Å². The molecular weight excluding hydrogens is 504 g/mol. The molecule has 0 fully saturated rings. The molecule has 0 saturated carbocycles. The summed E-state index contributed by atoms with van der Waals surface area (Å²) in [6.45, 7) is 1.96. The van der Waals surface area contributed by atoms with Crippen molar-refractivity contribution in [3.8, 4) is 0 Å². The molecule has 0 radical (unpaired) electrons. The first kappa shape index (κ1) is 26.5. The van der Waals surface area contributed by atoms with Gasteiger partial charge in [-0.2, -0.15) is 0 Å². The van der Waals surface area contributed by atoms with Gasteiger partial charge >= 0.3 is 22.8 Å². The van der Waals surface area contributed by atoms with Crippen LogP contribution in [0.15, 0.2) is 119 Å². The molecule has 6 rings (SSSR count). The van der Waals surface area contributed by atoms with E-state index in [1.807, 2.05) is 25.1 Å². The fourth-order valence-electron chi connectivity index (χ4n) is 3.51. The molecule has 1 N–H and O–H groups in total. The highest BCUT2D eigenvalue weighted by molar-refractivity contribution is 5.92. The van der Waals surface area contributed by atoms with E-state index in [4.69, 9.17) is 18.4 Å². The largest absolute Gasteiger partial charge is 0.478 e. The molecule has 0 aliphatic rings. The van der Waals surface area contributed by atoms with Crippen LogP contribution in [0.5, 0.6) is 0 Å². The van der Waals surface area contributed by atoms with Crippen LogP contribution >= 0.6 is 0 Å². The number of benzene rings is 3. The smallest absolute Gasteiger partial charge is 0.336 e. The highest BCUT2D eigenvalue weighted by Crippen LogP contribution is 2.15. The first-order valence-electron chi connectivity index (χ1n) is 11.5. The number of fused-ring (bicyclic) bond motifs is 3. The third-order valence-corrected chi connectivity index (χ3v) is 5.43. The van der Waals surface area contributed by atoms with E-state index < -0.39 is 17.2 Å². The van der Waals surface area contributed by atoms with Crippen molar-refractivity contribution in [2.24, 2.45) is 0 Å². The van der Waals surface area contributed by atoms with Gasteiger partial charge in [0.05, 0.1) is 5.56 Å². The number of aryl methyl sites for hydroxylation is 1. The number of rotatable bonds is 2. The Balaban J connectivity index is 0.000000136. The number of aldehydes is 1. The zero-order chi connectivity index (χ0) is 27.9. The number of carboxylic acid groups (broad SMARTS) is 1. The second-order valence-electron chi connectivity index (χ2n) is 8.28. The maximum atomic E-state index is 10.9. The van der Waals surface area contributed by atoms with Gasteiger partial charge in [0.1, 0.15) is 23.0 Å². The SMILES string of the molecule is Cc1ccc2ccc(=O)oc2c1.O=C(O)c1ccc2ccc(=O)oc2c1.O=Cc1ccc2ccc(=O)oc2c1. The van der Waals surface area contributed by atoms with Gasteiger partial charge in [0.2, 0.25) is 0 Å². The number of aromatic carboxylic acids is 1. The lowest BCUT2D eigenvalue weighted by molar-refractivity contribution is 0.0696. The van der Waals surface area contributed by atoms with Gasteiger partial charge in [-0.05, 0) is 55.0 Å². The minimum absolute atomic E-state index is 0.104. The molecule has 3 aromatic carbocycles. The zero-order valence-corrected chi connectivity index (χ0v) is 20.5. The summed E-state index contributed by atoms with van der Waals surface area (Å²) in [6, 6.07) is 24.2. The summed E-state index contributed by atoms with van der Waals surface area (Å²) in [6.07, 6.45) is 0.715. The summed E-state index contributed by atoms with van der Waals surface area (Å²) < 4.78 is 14.7. The molecule has 3 heterocycles. The summed E-state index contributed by atoms with van der Waals surface area (Å²) in [5.74, 6) is -1.04. The molecular formula is C30H20O9. The van der Waals surface area contributed by atoms with Crippen LogP contribution in [-0.2, 0) is 0 Å².